The fourth-order valence-corrected chi connectivity index (χ4v) is 3.34. The molecule has 0 amide bonds. The Balaban J connectivity index is 1.96. The fourth-order valence-electron chi connectivity index (χ4n) is 3.34. The van der Waals surface area contributed by atoms with Crippen LogP contribution in [0.1, 0.15) is 44.1 Å². The molecule has 0 spiro atoms. The molecule has 1 aliphatic heterocycles. The van der Waals surface area contributed by atoms with E-state index in [1.165, 1.54) is 6.20 Å². The molecular weight excluding hydrogens is 342 g/mol. The van der Waals surface area contributed by atoms with E-state index in [-0.39, 0.29) is 18.0 Å². The van der Waals surface area contributed by atoms with Crippen LogP contribution in [0.3, 0.4) is 0 Å². The Morgan fingerprint density at radius 3 is 2.81 bits per heavy atom. The van der Waals surface area contributed by atoms with Crippen LogP contribution >= 0.6 is 0 Å². The highest BCUT2D eigenvalue weighted by molar-refractivity contribution is 5.72. The van der Waals surface area contributed by atoms with Gasteiger partial charge in [0.25, 0.3) is 5.56 Å². The van der Waals surface area contributed by atoms with Crippen molar-refractivity contribution in [2.24, 2.45) is 0 Å². The van der Waals surface area contributed by atoms with Crippen LogP contribution in [0.25, 0.3) is 5.57 Å². The largest absolute Gasteiger partial charge is 0.466 e. The SMILES string of the molecule is CCOC(=O)Cc1cnc2n(c1=O)C(C)CC/C2=C\N(C)c1ccccc1. The van der Waals surface area contributed by atoms with E-state index < -0.39 is 5.97 Å². The predicted octanol–water partition coefficient (Wildman–Crippen LogP) is 3.18. The summed E-state index contributed by atoms with van der Waals surface area (Å²) in [6.45, 7) is 4.06. The van der Waals surface area contributed by atoms with Gasteiger partial charge >= 0.3 is 5.97 Å². The first-order valence-corrected chi connectivity index (χ1v) is 9.26. The number of carbonyl (C=O) groups is 1. The van der Waals surface area contributed by atoms with E-state index >= 15 is 0 Å². The summed E-state index contributed by atoms with van der Waals surface area (Å²) in [6.07, 6.45) is 5.20. The van der Waals surface area contributed by atoms with Crippen molar-refractivity contribution in [3.8, 4) is 0 Å². The van der Waals surface area contributed by atoms with Crippen LogP contribution in [0.5, 0.6) is 0 Å². The third-order valence-corrected chi connectivity index (χ3v) is 4.78. The smallest absolute Gasteiger partial charge is 0.310 e. The van der Waals surface area contributed by atoms with E-state index in [0.717, 1.165) is 24.1 Å². The number of rotatable bonds is 5. The number of esters is 1. The Morgan fingerprint density at radius 2 is 2.11 bits per heavy atom. The summed E-state index contributed by atoms with van der Waals surface area (Å²) >= 11 is 0. The van der Waals surface area contributed by atoms with Gasteiger partial charge in [-0.3, -0.25) is 14.2 Å². The Bertz CT molecular complexity index is 903. The first-order chi connectivity index (χ1) is 13.0. The molecule has 6 nitrogen and oxygen atoms in total. The van der Waals surface area contributed by atoms with E-state index in [2.05, 4.69) is 4.98 Å². The molecule has 0 bridgehead atoms. The van der Waals surface area contributed by atoms with Crippen LogP contribution in [0.15, 0.2) is 47.5 Å². The lowest BCUT2D eigenvalue weighted by molar-refractivity contribution is -0.142. The van der Waals surface area contributed by atoms with Gasteiger partial charge in [-0.25, -0.2) is 4.98 Å². The Kier molecular flexibility index (Phi) is 5.74. The monoisotopic (exact) mass is 367 g/mol. The normalized spacial score (nSPS) is 17.4. The molecule has 6 heteroatoms. The van der Waals surface area contributed by atoms with Crippen molar-refractivity contribution >= 4 is 17.2 Å². The minimum atomic E-state index is -0.403. The number of aromatic nitrogens is 2. The average molecular weight is 367 g/mol. The minimum Gasteiger partial charge on any atom is -0.466 e. The fraction of sp³-hybridized carbons (Fsp3) is 0.381. The number of ether oxygens (including phenoxy) is 1. The lowest BCUT2D eigenvalue weighted by Crippen LogP contribution is -2.34. The molecule has 1 aromatic carbocycles. The maximum absolute atomic E-state index is 12.9. The molecule has 0 saturated carbocycles. The third kappa shape index (κ3) is 4.10. The van der Waals surface area contributed by atoms with E-state index in [9.17, 15) is 9.59 Å². The maximum atomic E-state index is 12.9. The second-order valence-electron chi connectivity index (χ2n) is 6.75. The van der Waals surface area contributed by atoms with Crippen LogP contribution in [0.4, 0.5) is 5.69 Å². The van der Waals surface area contributed by atoms with Crippen LogP contribution in [-0.4, -0.2) is 29.2 Å². The zero-order valence-corrected chi connectivity index (χ0v) is 16.0. The number of para-hydroxylation sites is 1. The summed E-state index contributed by atoms with van der Waals surface area (Å²) in [6, 6.07) is 10.1. The Morgan fingerprint density at radius 1 is 1.37 bits per heavy atom. The van der Waals surface area contributed by atoms with Crippen LogP contribution < -0.4 is 10.5 Å². The molecular formula is C21H25N3O3. The Labute approximate surface area is 159 Å². The quantitative estimate of drug-likeness (QED) is 0.760. The lowest BCUT2D eigenvalue weighted by Gasteiger charge is -2.27. The van der Waals surface area contributed by atoms with E-state index in [1.54, 1.807) is 11.5 Å². The number of benzene rings is 1. The van der Waals surface area contributed by atoms with Gasteiger partial charge in [-0.2, -0.15) is 0 Å². The average Bonchev–Trinajstić information content (AvgIpc) is 2.66. The molecule has 142 valence electrons. The molecule has 0 fully saturated rings. The molecule has 2 heterocycles. The molecule has 27 heavy (non-hydrogen) atoms. The first kappa shape index (κ1) is 18.9. The third-order valence-electron chi connectivity index (χ3n) is 4.78. The van der Waals surface area contributed by atoms with Crippen molar-refractivity contribution in [1.29, 1.82) is 0 Å². The van der Waals surface area contributed by atoms with Gasteiger partial charge in [0.1, 0.15) is 5.82 Å². The van der Waals surface area contributed by atoms with E-state index in [0.29, 0.717) is 18.0 Å². The lowest BCUT2D eigenvalue weighted by atomic mass is 10.00. The zero-order chi connectivity index (χ0) is 19.4. The molecule has 0 radical (unpaired) electrons. The van der Waals surface area contributed by atoms with E-state index in [4.69, 9.17) is 4.74 Å². The maximum Gasteiger partial charge on any atom is 0.310 e. The highest BCUT2D eigenvalue weighted by atomic mass is 16.5. The van der Waals surface area contributed by atoms with Gasteiger partial charge < -0.3 is 9.64 Å². The van der Waals surface area contributed by atoms with E-state index in [1.807, 2.05) is 55.4 Å². The second kappa shape index (κ2) is 8.20. The van der Waals surface area contributed by atoms with Crippen molar-refractivity contribution in [1.82, 2.24) is 9.55 Å². The summed E-state index contributed by atoms with van der Waals surface area (Å²) in [5.74, 6) is 0.272. The summed E-state index contributed by atoms with van der Waals surface area (Å²) in [7, 11) is 1.98. The van der Waals surface area contributed by atoms with Gasteiger partial charge in [-0.15, -0.1) is 0 Å². The molecule has 3 rings (SSSR count). The number of hydrogen-bond acceptors (Lipinski definition) is 5. The van der Waals surface area contributed by atoms with Crippen molar-refractivity contribution in [3.05, 3.63) is 64.5 Å². The number of allylic oxidation sites excluding steroid dienone is 1. The zero-order valence-electron chi connectivity index (χ0n) is 16.0. The number of nitrogens with zero attached hydrogens (tertiary/aromatic N) is 3. The van der Waals surface area contributed by atoms with Gasteiger partial charge in [0.2, 0.25) is 0 Å². The molecule has 1 atom stereocenters. The number of hydrogen-bond donors (Lipinski definition) is 0. The standard InChI is InChI=1S/C21H25N3O3/c1-4-27-19(25)12-17-13-22-20-16(11-10-15(2)24(20)21(17)26)14-23(3)18-8-6-5-7-9-18/h5-9,13-15H,4,10-12H2,1-3H3/b16-14+. The molecule has 1 unspecified atom stereocenters. The van der Waals surface area contributed by atoms with Gasteiger partial charge in [0, 0.05) is 42.3 Å². The van der Waals surface area contributed by atoms with Gasteiger partial charge in [0.15, 0.2) is 0 Å². The molecule has 0 aliphatic carbocycles. The van der Waals surface area contributed by atoms with Gasteiger partial charge in [-0.1, -0.05) is 18.2 Å². The molecule has 0 saturated heterocycles. The topological polar surface area (TPSA) is 64.4 Å². The number of fused-ring (bicyclic) bond motifs is 1. The van der Waals surface area contributed by atoms with Crippen molar-refractivity contribution < 1.29 is 9.53 Å². The van der Waals surface area contributed by atoms with Crippen molar-refractivity contribution in [3.63, 3.8) is 0 Å². The minimum absolute atomic E-state index is 0.0429. The second-order valence-corrected chi connectivity index (χ2v) is 6.75. The summed E-state index contributed by atoms with van der Waals surface area (Å²) < 4.78 is 6.67. The first-order valence-electron chi connectivity index (χ1n) is 9.26. The van der Waals surface area contributed by atoms with Crippen LogP contribution in [-0.2, 0) is 16.0 Å². The van der Waals surface area contributed by atoms with Crippen LogP contribution in [0, 0.1) is 0 Å². The summed E-state index contributed by atoms with van der Waals surface area (Å²) in [4.78, 5) is 31.3. The summed E-state index contributed by atoms with van der Waals surface area (Å²) in [5, 5.41) is 0. The van der Waals surface area contributed by atoms with Crippen molar-refractivity contribution in [2.45, 2.75) is 39.2 Å². The van der Waals surface area contributed by atoms with Gasteiger partial charge in [0.05, 0.1) is 13.0 Å². The molecule has 1 aromatic heterocycles. The highest BCUT2D eigenvalue weighted by Crippen LogP contribution is 2.30. The summed E-state index contributed by atoms with van der Waals surface area (Å²) in [5.41, 5.74) is 2.30. The molecule has 1 aliphatic rings. The Hall–Kier alpha value is -2.89. The molecule has 2 aromatic rings. The van der Waals surface area contributed by atoms with Gasteiger partial charge in [-0.05, 0) is 38.8 Å². The van der Waals surface area contributed by atoms with Crippen molar-refractivity contribution in [2.75, 3.05) is 18.6 Å². The number of anilines is 1. The predicted molar refractivity (Wildman–Crippen MR) is 106 cm³/mol. The highest BCUT2D eigenvalue weighted by Gasteiger charge is 2.24. The van der Waals surface area contributed by atoms with Crippen LogP contribution in [0.2, 0.25) is 0 Å². The number of carbonyl (C=O) groups excluding carboxylic acids is 1. The molecule has 0 N–H and O–H groups in total.